The van der Waals surface area contributed by atoms with E-state index in [4.69, 9.17) is 4.74 Å². The van der Waals surface area contributed by atoms with E-state index in [1.165, 1.54) is 31.5 Å². The molecule has 0 aliphatic carbocycles. The van der Waals surface area contributed by atoms with Crippen molar-refractivity contribution in [1.82, 2.24) is 4.98 Å². The molecule has 1 N–H and O–H groups in total. The van der Waals surface area contributed by atoms with Crippen molar-refractivity contribution in [2.75, 3.05) is 11.8 Å². The number of halogens is 2. The highest BCUT2D eigenvalue weighted by Crippen LogP contribution is 2.27. The van der Waals surface area contributed by atoms with Crippen LogP contribution in [0, 0.1) is 5.82 Å². The lowest BCUT2D eigenvalue weighted by Crippen LogP contribution is -2.14. The lowest BCUT2D eigenvalue weighted by Gasteiger charge is -2.11. The molecule has 8 heteroatoms. The van der Waals surface area contributed by atoms with Gasteiger partial charge >= 0.3 is 0 Å². The summed E-state index contributed by atoms with van der Waals surface area (Å²) in [4.78, 5) is 3.88. The number of nitrogens with zero attached hydrogens (tertiary/aromatic N) is 1. The third kappa shape index (κ3) is 3.26. The van der Waals surface area contributed by atoms with Gasteiger partial charge in [0.1, 0.15) is 11.5 Å². The molecule has 0 bridgehead atoms. The second-order valence-corrected chi connectivity index (χ2v) is 6.37. The molecule has 2 aromatic rings. The van der Waals surface area contributed by atoms with Gasteiger partial charge in [-0.3, -0.25) is 4.72 Å². The van der Waals surface area contributed by atoms with Gasteiger partial charge in [-0.25, -0.2) is 17.8 Å². The third-order valence-corrected chi connectivity index (χ3v) is 4.19. The van der Waals surface area contributed by atoms with Gasteiger partial charge in [-0.1, -0.05) is 0 Å². The van der Waals surface area contributed by atoms with Crippen molar-refractivity contribution in [1.29, 1.82) is 0 Å². The van der Waals surface area contributed by atoms with Crippen LogP contribution in [0.2, 0.25) is 0 Å². The van der Waals surface area contributed by atoms with Crippen LogP contribution < -0.4 is 9.46 Å². The van der Waals surface area contributed by atoms with Crippen molar-refractivity contribution in [3.63, 3.8) is 0 Å². The highest BCUT2D eigenvalue weighted by atomic mass is 79.9. The van der Waals surface area contributed by atoms with E-state index in [-0.39, 0.29) is 16.5 Å². The summed E-state index contributed by atoms with van der Waals surface area (Å²) in [5.74, 6) is -0.371. The quantitative estimate of drug-likeness (QED) is 0.909. The van der Waals surface area contributed by atoms with Crippen LogP contribution in [0.15, 0.2) is 45.9 Å². The van der Waals surface area contributed by atoms with Crippen LogP contribution in [0.3, 0.4) is 0 Å². The largest absolute Gasteiger partial charge is 0.479 e. The first kappa shape index (κ1) is 14.7. The van der Waals surface area contributed by atoms with Gasteiger partial charge in [-0.05, 0) is 46.3 Å². The third-order valence-electron chi connectivity index (χ3n) is 2.38. The van der Waals surface area contributed by atoms with Gasteiger partial charge in [-0.2, -0.15) is 0 Å². The molecule has 1 aromatic heterocycles. The van der Waals surface area contributed by atoms with Crippen LogP contribution >= 0.6 is 15.9 Å². The number of benzene rings is 1. The molecule has 1 aromatic carbocycles. The van der Waals surface area contributed by atoms with Crippen LogP contribution in [0.5, 0.6) is 5.88 Å². The Balaban J connectivity index is 2.37. The molecule has 0 radical (unpaired) electrons. The monoisotopic (exact) mass is 360 g/mol. The summed E-state index contributed by atoms with van der Waals surface area (Å²) in [6.45, 7) is 0. The molecule has 0 unspecified atom stereocenters. The van der Waals surface area contributed by atoms with Crippen LogP contribution in [0.4, 0.5) is 10.1 Å². The first-order valence-electron chi connectivity index (χ1n) is 5.40. The zero-order valence-electron chi connectivity index (χ0n) is 10.3. The Bertz CT molecular complexity index is 720. The van der Waals surface area contributed by atoms with Gasteiger partial charge in [0.05, 0.1) is 12.0 Å². The summed E-state index contributed by atoms with van der Waals surface area (Å²) >= 11 is 3.20. The standard InChI is InChI=1S/C12H10BrFN2O3S/c1-19-12-11(6-8(13)7-15-12)16-20(17,18)10-4-2-9(14)3-5-10/h2-7,16H,1H3. The molecule has 106 valence electrons. The zero-order valence-corrected chi connectivity index (χ0v) is 12.7. The molecular formula is C12H10BrFN2O3S. The number of anilines is 1. The van der Waals surface area contributed by atoms with Crippen LogP contribution in [0.25, 0.3) is 0 Å². The van der Waals surface area contributed by atoms with Gasteiger partial charge in [-0.15, -0.1) is 0 Å². The Morgan fingerprint density at radius 2 is 1.95 bits per heavy atom. The molecule has 0 aliphatic rings. The van der Waals surface area contributed by atoms with E-state index in [9.17, 15) is 12.8 Å². The lowest BCUT2D eigenvalue weighted by molar-refractivity contribution is 0.400. The summed E-state index contributed by atoms with van der Waals surface area (Å²) < 4.78 is 45.1. The normalized spacial score (nSPS) is 11.2. The fraction of sp³-hybridized carbons (Fsp3) is 0.0833. The first-order valence-corrected chi connectivity index (χ1v) is 7.68. The maximum absolute atomic E-state index is 12.8. The van der Waals surface area contributed by atoms with Crippen molar-refractivity contribution < 1.29 is 17.5 Å². The second-order valence-electron chi connectivity index (χ2n) is 3.77. The van der Waals surface area contributed by atoms with E-state index >= 15 is 0 Å². The van der Waals surface area contributed by atoms with E-state index in [2.05, 4.69) is 25.6 Å². The summed E-state index contributed by atoms with van der Waals surface area (Å²) in [6.07, 6.45) is 1.48. The number of rotatable bonds is 4. The van der Waals surface area contributed by atoms with Gasteiger partial charge in [0, 0.05) is 10.7 Å². The van der Waals surface area contributed by atoms with Gasteiger partial charge in [0.2, 0.25) is 5.88 Å². The van der Waals surface area contributed by atoms with E-state index in [0.29, 0.717) is 4.47 Å². The summed E-state index contributed by atoms with van der Waals surface area (Å²) in [7, 11) is -2.46. The minimum absolute atomic E-state index is 0.0547. The summed E-state index contributed by atoms with van der Waals surface area (Å²) in [5, 5.41) is 0. The number of sulfonamides is 1. The zero-order chi connectivity index (χ0) is 14.8. The highest BCUT2D eigenvalue weighted by molar-refractivity contribution is 9.10. The van der Waals surface area contributed by atoms with E-state index in [1.54, 1.807) is 0 Å². The van der Waals surface area contributed by atoms with Gasteiger partial charge < -0.3 is 4.74 Å². The van der Waals surface area contributed by atoms with Crippen molar-refractivity contribution >= 4 is 31.6 Å². The predicted octanol–water partition coefficient (Wildman–Crippen LogP) is 2.79. The summed E-state index contributed by atoms with van der Waals surface area (Å²) in [6, 6.07) is 6.02. The number of aromatic nitrogens is 1. The molecule has 0 saturated heterocycles. The molecule has 0 atom stereocenters. The molecule has 0 aliphatic heterocycles. The second kappa shape index (κ2) is 5.76. The van der Waals surface area contributed by atoms with Crippen molar-refractivity contribution in [2.24, 2.45) is 0 Å². The maximum Gasteiger partial charge on any atom is 0.262 e. The predicted molar refractivity (Wildman–Crippen MR) is 75.7 cm³/mol. The Morgan fingerprint density at radius 1 is 1.30 bits per heavy atom. The maximum atomic E-state index is 12.8. The van der Waals surface area contributed by atoms with Crippen LogP contribution in [-0.4, -0.2) is 20.5 Å². The lowest BCUT2D eigenvalue weighted by atomic mass is 10.4. The molecular weight excluding hydrogens is 351 g/mol. The SMILES string of the molecule is COc1ncc(Br)cc1NS(=O)(=O)c1ccc(F)cc1. The Hall–Kier alpha value is -1.67. The van der Waals surface area contributed by atoms with Gasteiger partial charge in [0.25, 0.3) is 10.0 Å². The van der Waals surface area contributed by atoms with Crippen molar-refractivity contribution in [2.45, 2.75) is 4.90 Å². The van der Waals surface area contributed by atoms with Crippen molar-refractivity contribution in [3.8, 4) is 5.88 Å². The number of hydrogen-bond acceptors (Lipinski definition) is 4. The number of ether oxygens (including phenoxy) is 1. The van der Waals surface area contributed by atoms with Crippen LogP contribution in [-0.2, 0) is 10.0 Å². The van der Waals surface area contributed by atoms with E-state index < -0.39 is 15.8 Å². The van der Waals surface area contributed by atoms with E-state index in [0.717, 1.165) is 12.1 Å². The fourth-order valence-electron chi connectivity index (χ4n) is 1.48. The smallest absolute Gasteiger partial charge is 0.262 e. The Kier molecular flexibility index (Phi) is 4.24. The molecule has 2 rings (SSSR count). The number of nitrogens with one attached hydrogen (secondary N) is 1. The molecule has 1 heterocycles. The summed E-state index contributed by atoms with van der Waals surface area (Å²) in [5.41, 5.74) is 0.186. The average Bonchev–Trinajstić information content (AvgIpc) is 2.39. The molecule has 0 fully saturated rings. The minimum Gasteiger partial charge on any atom is -0.479 e. The molecule has 20 heavy (non-hydrogen) atoms. The molecule has 5 nitrogen and oxygen atoms in total. The van der Waals surface area contributed by atoms with Gasteiger partial charge in [0.15, 0.2) is 0 Å². The average molecular weight is 361 g/mol. The molecule has 0 amide bonds. The fourth-order valence-corrected chi connectivity index (χ4v) is 2.86. The van der Waals surface area contributed by atoms with E-state index in [1.807, 2.05) is 0 Å². The Labute approximate surface area is 124 Å². The first-order chi connectivity index (χ1) is 9.42. The highest BCUT2D eigenvalue weighted by Gasteiger charge is 2.17. The Morgan fingerprint density at radius 3 is 2.55 bits per heavy atom. The van der Waals surface area contributed by atoms with Crippen molar-refractivity contribution in [3.05, 3.63) is 46.8 Å². The minimum atomic E-state index is -3.84. The topological polar surface area (TPSA) is 68.3 Å². The number of methoxy groups -OCH3 is 1. The molecule has 0 spiro atoms. The number of hydrogen-bond donors (Lipinski definition) is 1. The molecule has 0 saturated carbocycles. The van der Waals surface area contributed by atoms with Crippen LogP contribution in [0.1, 0.15) is 0 Å². The number of pyridine rings is 1.